The van der Waals surface area contributed by atoms with E-state index in [4.69, 9.17) is 0 Å². The summed E-state index contributed by atoms with van der Waals surface area (Å²) in [6.45, 7) is 0.953. The summed E-state index contributed by atoms with van der Waals surface area (Å²) in [4.78, 5) is 4.30. The first kappa shape index (κ1) is 11.1. The highest BCUT2D eigenvalue weighted by Gasteiger charge is 2.10. The summed E-state index contributed by atoms with van der Waals surface area (Å²) >= 11 is 1.68. The molecule has 0 aliphatic heterocycles. The molecule has 2 rings (SSSR count). The minimum atomic E-state index is 0.729. The number of rotatable bonds is 3. The molecule has 0 spiro atoms. The van der Waals surface area contributed by atoms with Crippen LogP contribution in [-0.2, 0) is 6.54 Å². The van der Waals surface area contributed by atoms with Gasteiger partial charge in [-0.2, -0.15) is 0 Å². The first-order valence-corrected chi connectivity index (χ1v) is 7.00. The fourth-order valence-corrected chi connectivity index (χ4v) is 2.79. The highest BCUT2D eigenvalue weighted by atomic mass is 32.1. The second kappa shape index (κ2) is 6.23. The van der Waals surface area contributed by atoms with Crippen LogP contribution < -0.4 is 5.32 Å². The second-order valence-electron chi connectivity index (χ2n) is 4.40. The van der Waals surface area contributed by atoms with Crippen LogP contribution in [0.2, 0.25) is 0 Å². The number of nitrogens with one attached hydrogen (secondary N) is 1. The van der Waals surface area contributed by atoms with Gasteiger partial charge in [0.05, 0.1) is 11.2 Å². The molecule has 0 aromatic carbocycles. The Morgan fingerprint density at radius 2 is 1.93 bits per heavy atom. The molecule has 0 unspecified atom stereocenters. The van der Waals surface area contributed by atoms with Gasteiger partial charge in [-0.25, -0.2) is 4.98 Å². The third kappa shape index (κ3) is 3.92. The molecule has 2 nitrogen and oxygen atoms in total. The summed E-state index contributed by atoms with van der Waals surface area (Å²) < 4.78 is 0. The molecule has 0 saturated heterocycles. The van der Waals surface area contributed by atoms with Gasteiger partial charge in [0.15, 0.2) is 0 Å². The molecule has 0 amide bonds. The molecule has 1 saturated carbocycles. The van der Waals surface area contributed by atoms with E-state index in [-0.39, 0.29) is 0 Å². The second-order valence-corrected chi connectivity index (χ2v) is 5.12. The third-order valence-corrected chi connectivity index (χ3v) is 3.80. The normalized spacial score (nSPS) is 19.7. The summed E-state index contributed by atoms with van der Waals surface area (Å²) in [7, 11) is 0. The van der Waals surface area contributed by atoms with Crippen LogP contribution in [0, 0.1) is 0 Å². The van der Waals surface area contributed by atoms with Gasteiger partial charge in [-0.05, 0) is 12.8 Å². The predicted molar refractivity (Wildman–Crippen MR) is 65.1 cm³/mol. The molecule has 3 heteroatoms. The van der Waals surface area contributed by atoms with E-state index in [0.717, 1.165) is 12.6 Å². The summed E-state index contributed by atoms with van der Waals surface area (Å²) in [5.74, 6) is 0. The van der Waals surface area contributed by atoms with E-state index in [1.54, 1.807) is 11.3 Å². The highest BCUT2D eigenvalue weighted by Crippen LogP contribution is 2.17. The SMILES string of the molecule is c1nc(CNC2CCCCCCC2)cs1. The maximum atomic E-state index is 4.30. The third-order valence-electron chi connectivity index (χ3n) is 3.16. The molecule has 1 aromatic rings. The maximum Gasteiger partial charge on any atom is 0.0795 e. The molecule has 1 aliphatic rings. The van der Waals surface area contributed by atoms with Crippen molar-refractivity contribution in [1.82, 2.24) is 10.3 Å². The summed E-state index contributed by atoms with van der Waals surface area (Å²) in [6, 6.07) is 0.729. The van der Waals surface area contributed by atoms with Gasteiger partial charge in [0.25, 0.3) is 0 Å². The van der Waals surface area contributed by atoms with Crippen LogP contribution in [-0.4, -0.2) is 11.0 Å². The molecule has 1 aromatic heterocycles. The molecule has 1 N–H and O–H groups in total. The Bertz CT molecular complexity index is 251. The zero-order valence-electron chi connectivity index (χ0n) is 9.24. The van der Waals surface area contributed by atoms with Crippen LogP contribution in [0.5, 0.6) is 0 Å². The molecular formula is C12H20N2S. The lowest BCUT2D eigenvalue weighted by molar-refractivity contribution is 0.388. The Hall–Kier alpha value is -0.410. The van der Waals surface area contributed by atoms with Crippen molar-refractivity contribution in [2.45, 2.75) is 57.5 Å². The van der Waals surface area contributed by atoms with Crippen molar-refractivity contribution in [3.8, 4) is 0 Å². The van der Waals surface area contributed by atoms with Gasteiger partial charge < -0.3 is 5.32 Å². The minimum Gasteiger partial charge on any atom is -0.308 e. The van der Waals surface area contributed by atoms with Crippen molar-refractivity contribution in [2.75, 3.05) is 0 Å². The molecule has 1 aliphatic carbocycles. The molecule has 1 heterocycles. The highest BCUT2D eigenvalue weighted by molar-refractivity contribution is 7.07. The average Bonchev–Trinajstić information content (AvgIpc) is 2.68. The Morgan fingerprint density at radius 1 is 1.20 bits per heavy atom. The number of hydrogen-bond donors (Lipinski definition) is 1. The van der Waals surface area contributed by atoms with Gasteiger partial charge in [0.1, 0.15) is 0 Å². The molecular weight excluding hydrogens is 204 g/mol. The number of thiazole rings is 1. The molecule has 0 atom stereocenters. The van der Waals surface area contributed by atoms with E-state index >= 15 is 0 Å². The van der Waals surface area contributed by atoms with Crippen LogP contribution >= 0.6 is 11.3 Å². The van der Waals surface area contributed by atoms with Gasteiger partial charge in [-0.15, -0.1) is 11.3 Å². The van der Waals surface area contributed by atoms with Crippen LogP contribution in [0.15, 0.2) is 10.9 Å². The van der Waals surface area contributed by atoms with Gasteiger partial charge >= 0.3 is 0 Å². The summed E-state index contributed by atoms with van der Waals surface area (Å²) in [5.41, 5.74) is 3.11. The van der Waals surface area contributed by atoms with E-state index in [9.17, 15) is 0 Å². The smallest absolute Gasteiger partial charge is 0.0795 e. The van der Waals surface area contributed by atoms with E-state index in [0.29, 0.717) is 0 Å². The summed E-state index contributed by atoms with van der Waals surface area (Å²) in [6.07, 6.45) is 9.79. The van der Waals surface area contributed by atoms with Crippen LogP contribution in [0.4, 0.5) is 0 Å². The molecule has 1 fully saturated rings. The molecule has 84 valence electrons. The Labute approximate surface area is 96.1 Å². The molecule has 0 radical (unpaired) electrons. The Kier molecular flexibility index (Phi) is 4.61. The lowest BCUT2D eigenvalue weighted by Gasteiger charge is -2.20. The maximum absolute atomic E-state index is 4.30. The van der Waals surface area contributed by atoms with Gasteiger partial charge in [0, 0.05) is 18.0 Å². The molecule has 0 bridgehead atoms. The van der Waals surface area contributed by atoms with E-state index in [1.807, 2.05) is 5.51 Å². The Balaban J connectivity index is 1.72. The van der Waals surface area contributed by atoms with Crippen LogP contribution in [0.25, 0.3) is 0 Å². The average molecular weight is 224 g/mol. The van der Waals surface area contributed by atoms with Crippen molar-refractivity contribution < 1.29 is 0 Å². The van der Waals surface area contributed by atoms with Crippen LogP contribution in [0.1, 0.15) is 50.6 Å². The van der Waals surface area contributed by atoms with Crippen LogP contribution in [0.3, 0.4) is 0 Å². The van der Waals surface area contributed by atoms with Gasteiger partial charge in [0.2, 0.25) is 0 Å². The number of nitrogens with zero attached hydrogens (tertiary/aromatic N) is 1. The fraction of sp³-hybridized carbons (Fsp3) is 0.750. The predicted octanol–water partition coefficient (Wildman–Crippen LogP) is 3.35. The number of hydrogen-bond acceptors (Lipinski definition) is 3. The standard InChI is InChI=1S/C12H20N2S/c1-2-4-6-11(7-5-3-1)13-8-12-9-15-10-14-12/h9-11,13H,1-8H2. The van der Waals surface area contributed by atoms with E-state index in [2.05, 4.69) is 15.7 Å². The van der Waals surface area contributed by atoms with Crippen molar-refractivity contribution >= 4 is 11.3 Å². The van der Waals surface area contributed by atoms with Crippen molar-refractivity contribution in [3.63, 3.8) is 0 Å². The monoisotopic (exact) mass is 224 g/mol. The first-order valence-electron chi connectivity index (χ1n) is 6.05. The van der Waals surface area contributed by atoms with E-state index in [1.165, 1.54) is 50.6 Å². The van der Waals surface area contributed by atoms with Gasteiger partial charge in [-0.1, -0.05) is 32.1 Å². The van der Waals surface area contributed by atoms with Crippen molar-refractivity contribution in [1.29, 1.82) is 0 Å². The summed E-state index contributed by atoms with van der Waals surface area (Å²) in [5, 5.41) is 5.77. The largest absolute Gasteiger partial charge is 0.308 e. The zero-order valence-corrected chi connectivity index (χ0v) is 10.1. The van der Waals surface area contributed by atoms with Crippen molar-refractivity contribution in [3.05, 3.63) is 16.6 Å². The minimum absolute atomic E-state index is 0.729. The fourth-order valence-electron chi connectivity index (χ4n) is 2.23. The lowest BCUT2D eigenvalue weighted by atomic mass is 9.97. The number of aromatic nitrogens is 1. The zero-order chi connectivity index (χ0) is 10.3. The Morgan fingerprint density at radius 3 is 2.60 bits per heavy atom. The first-order chi connectivity index (χ1) is 7.45. The van der Waals surface area contributed by atoms with Gasteiger partial charge in [-0.3, -0.25) is 0 Å². The quantitative estimate of drug-likeness (QED) is 0.851. The van der Waals surface area contributed by atoms with Crippen molar-refractivity contribution in [2.24, 2.45) is 0 Å². The van der Waals surface area contributed by atoms with E-state index < -0.39 is 0 Å². The topological polar surface area (TPSA) is 24.9 Å². The molecule has 15 heavy (non-hydrogen) atoms. The lowest BCUT2D eigenvalue weighted by Crippen LogP contribution is -2.29.